The first-order valence-corrected chi connectivity index (χ1v) is 5.82. The average molecular weight is 234 g/mol. The first-order valence-electron chi connectivity index (χ1n) is 5.82. The summed E-state index contributed by atoms with van der Waals surface area (Å²) in [6.45, 7) is 10.9. The van der Waals surface area contributed by atoms with Crippen molar-refractivity contribution in [2.24, 2.45) is 0 Å². The summed E-state index contributed by atoms with van der Waals surface area (Å²) in [6.07, 6.45) is 2.08. The van der Waals surface area contributed by atoms with E-state index < -0.39 is 0 Å². The minimum absolute atomic E-state index is 0.0454. The van der Waals surface area contributed by atoms with Crippen molar-refractivity contribution < 1.29 is 9.21 Å². The van der Waals surface area contributed by atoms with Crippen LogP contribution in [0.1, 0.15) is 38.1 Å². The van der Waals surface area contributed by atoms with Gasteiger partial charge in [-0.15, -0.1) is 0 Å². The van der Waals surface area contributed by atoms with Gasteiger partial charge in [0.05, 0.1) is 6.54 Å². The Bertz CT molecular complexity index is 454. The predicted octanol–water partition coefficient (Wildman–Crippen LogP) is 2.04. The van der Waals surface area contributed by atoms with Gasteiger partial charge in [-0.3, -0.25) is 4.79 Å². The second-order valence-corrected chi connectivity index (χ2v) is 5.35. The van der Waals surface area contributed by atoms with E-state index in [1.165, 1.54) is 6.08 Å². The SMILES string of the molecule is C=CC(=O)N1CCc2oc(C(C)(C)C)nc2C1. The standard InChI is InChI=1S/C13H18N2O2/c1-5-11(16)15-7-6-10-9(8-15)14-12(17-10)13(2,3)4/h5H,1,6-8H2,2-4H3. The normalized spacial score (nSPS) is 15.6. The molecule has 2 rings (SSSR count). The van der Waals surface area contributed by atoms with Crippen LogP contribution in [0.2, 0.25) is 0 Å². The molecule has 0 bridgehead atoms. The minimum atomic E-state index is -0.0926. The van der Waals surface area contributed by atoms with Crippen LogP contribution in [0.25, 0.3) is 0 Å². The van der Waals surface area contributed by atoms with Gasteiger partial charge >= 0.3 is 0 Å². The highest BCUT2D eigenvalue weighted by Crippen LogP contribution is 2.27. The lowest BCUT2D eigenvalue weighted by Crippen LogP contribution is -2.34. The number of rotatable bonds is 1. The Kier molecular flexibility index (Phi) is 2.81. The lowest BCUT2D eigenvalue weighted by Gasteiger charge is -2.23. The second kappa shape index (κ2) is 4.02. The highest BCUT2D eigenvalue weighted by atomic mass is 16.4. The first kappa shape index (κ1) is 11.9. The molecule has 0 aliphatic carbocycles. The summed E-state index contributed by atoms with van der Waals surface area (Å²) in [7, 11) is 0. The van der Waals surface area contributed by atoms with Crippen LogP contribution < -0.4 is 0 Å². The van der Waals surface area contributed by atoms with Crippen molar-refractivity contribution in [3.63, 3.8) is 0 Å². The molecule has 0 radical (unpaired) electrons. The molecule has 0 saturated carbocycles. The molecule has 0 saturated heterocycles. The van der Waals surface area contributed by atoms with Crippen LogP contribution in [0.15, 0.2) is 17.1 Å². The number of amides is 1. The van der Waals surface area contributed by atoms with Crippen molar-refractivity contribution in [1.82, 2.24) is 9.88 Å². The number of carbonyl (C=O) groups excluding carboxylic acids is 1. The van der Waals surface area contributed by atoms with Gasteiger partial charge in [0.25, 0.3) is 0 Å². The summed E-state index contributed by atoms with van der Waals surface area (Å²) >= 11 is 0. The van der Waals surface area contributed by atoms with Gasteiger partial charge in [-0.25, -0.2) is 4.98 Å². The maximum Gasteiger partial charge on any atom is 0.246 e. The quantitative estimate of drug-likeness (QED) is 0.699. The van der Waals surface area contributed by atoms with E-state index in [0.29, 0.717) is 13.1 Å². The number of nitrogens with zero attached hydrogens (tertiary/aromatic N) is 2. The van der Waals surface area contributed by atoms with Gasteiger partial charge in [-0.2, -0.15) is 0 Å². The van der Waals surface area contributed by atoms with Gasteiger partial charge in [0, 0.05) is 18.4 Å². The van der Waals surface area contributed by atoms with E-state index in [2.05, 4.69) is 32.3 Å². The third-order valence-electron chi connectivity index (χ3n) is 2.86. The summed E-state index contributed by atoms with van der Waals surface area (Å²) in [5.41, 5.74) is 0.793. The van der Waals surface area contributed by atoms with E-state index in [-0.39, 0.29) is 11.3 Å². The maximum absolute atomic E-state index is 11.5. The molecule has 0 spiro atoms. The molecule has 0 aromatic carbocycles. The van der Waals surface area contributed by atoms with E-state index in [0.717, 1.165) is 23.8 Å². The fourth-order valence-corrected chi connectivity index (χ4v) is 1.84. The van der Waals surface area contributed by atoms with Crippen molar-refractivity contribution in [3.8, 4) is 0 Å². The molecule has 1 aromatic rings. The van der Waals surface area contributed by atoms with Crippen LogP contribution in [0.3, 0.4) is 0 Å². The van der Waals surface area contributed by atoms with Crippen LogP contribution in [-0.4, -0.2) is 22.3 Å². The molecule has 1 aliphatic heterocycles. The predicted molar refractivity (Wildman–Crippen MR) is 64.5 cm³/mol. The summed E-state index contributed by atoms with van der Waals surface area (Å²) in [6, 6.07) is 0. The minimum Gasteiger partial charge on any atom is -0.445 e. The van der Waals surface area contributed by atoms with Gasteiger partial charge in [0.1, 0.15) is 11.5 Å². The number of hydrogen-bond donors (Lipinski definition) is 0. The zero-order valence-corrected chi connectivity index (χ0v) is 10.6. The summed E-state index contributed by atoms with van der Waals surface area (Å²) < 4.78 is 5.76. The van der Waals surface area contributed by atoms with E-state index in [1.807, 2.05) is 0 Å². The fraction of sp³-hybridized carbons (Fsp3) is 0.538. The van der Waals surface area contributed by atoms with Gasteiger partial charge in [0.2, 0.25) is 5.91 Å². The molecule has 0 atom stereocenters. The molecular weight excluding hydrogens is 216 g/mol. The van der Waals surface area contributed by atoms with Crippen molar-refractivity contribution in [3.05, 3.63) is 30.0 Å². The van der Waals surface area contributed by atoms with Crippen molar-refractivity contribution in [2.75, 3.05) is 6.54 Å². The molecule has 1 aromatic heterocycles. The molecular formula is C13H18N2O2. The van der Waals surface area contributed by atoms with Crippen LogP contribution in [0, 0.1) is 0 Å². The van der Waals surface area contributed by atoms with Crippen LogP contribution in [0.4, 0.5) is 0 Å². The Hall–Kier alpha value is -1.58. The lowest BCUT2D eigenvalue weighted by molar-refractivity contribution is -0.127. The number of carbonyl (C=O) groups is 1. The Balaban J connectivity index is 2.24. The monoisotopic (exact) mass is 234 g/mol. The van der Waals surface area contributed by atoms with Gasteiger partial charge < -0.3 is 9.32 Å². The number of fused-ring (bicyclic) bond motifs is 1. The second-order valence-electron chi connectivity index (χ2n) is 5.35. The molecule has 17 heavy (non-hydrogen) atoms. The molecule has 0 fully saturated rings. The Morgan fingerprint density at radius 2 is 2.24 bits per heavy atom. The lowest BCUT2D eigenvalue weighted by atomic mass is 9.97. The van der Waals surface area contributed by atoms with Gasteiger partial charge in [0.15, 0.2) is 5.89 Å². The van der Waals surface area contributed by atoms with E-state index >= 15 is 0 Å². The molecule has 0 N–H and O–H groups in total. The molecule has 4 nitrogen and oxygen atoms in total. The fourth-order valence-electron chi connectivity index (χ4n) is 1.84. The molecule has 1 amide bonds. The van der Waals surface area contributed by atoms with Crippen molar-refractivity contribution >= 4 is 5.91 Å². The van der Waals surface area contributed by atoms with E-state index in [1.54, 1.807) is 4.90 Å². The molecule has 2 heterocycles. The zero-order valence-electron chi connectivity index (χ0n) is 10.6. The smallest absolute Gasteiger partial charge is 0.246 e. The van der Waals surface area contributed by atoms with Crippen LogP contribution >= 0.6 is 0 Å². The Labute approximate surface area is 101 Å². The highest BCUT2D eigenvalue weighted by molar-refractivity contribution is 5.87. The average Bonchev–Trinajstić information content (AvgIpc) is 2.70. The van der Waals surface area contributed by atoms with Crippen molar-refractivity contribution in [2.45, 2.75) is 39.2 Å². The number of aromatic nitrogens is 1. The highest BCUT2D eigenvalue weighted by Gasteiger charge is 2.28. The Morgan fingerprint density at radius 3 is 2.82 bits per heavy atom. The summed E-state index contributed by atoms with van der Waals surface area (Å²) in [5, 5.41) is 0. The van der Waals surface area contributed by atoms with Crippen LogP contribution in [-0.2, 0) is 23.2 Å². The maximum atomic E-state index is 11.5. The molecule has 1 aliphatic rings. The third-order valence-corrected chi connectivity index (χ3v) is 2.86. The zero-order chi connectivity index (χ0) is 12.6. The van der Waals surface area contributed by atoms with E-state index in [9.17, 15) is 4.79 Å². The Morgan fingerprint density at radius 1 is 1.53 bits per heavy atom. The molecule has 0 unspecified atom stereocenters. The number of hydrogen-bond acceptors (Lipinski definition) is 3. The largest absolute Gasteiger partial charge is 0.445 e. The van der Waals surface area contributed by atoms with Crippen molar-refractivity contribution in [1.29, 1.82) is 0 Å². The van der Waals surface area contributed by atoms with Crippen LogP contribution in [0.5, 0.6) is 0 Å². The summed E-state index contributed by atoms with van der Waals surface area (Å²) in [5.74, 6) is 1.62. The van der Waals surface area contributed by atoms with E-state index in [4.69, 9.17) is 4.42 Å². The number of oxazole rings is 1. The van der Waals surface area contributed by atoms with Gasteiger partial charge in [-0.05, 0) is 6.08 Å². The molecule has 4 heteroatoms. The van der Waals surface area contributed by atoms with Gasteiger partial charge in [-0.1, -0.05) is 27.4 Å². The first-order chi connectivity index (χ1) is 7.91. The molecule has 92 valence electrons. The third kappa shape index (κ3) is 2.25. The topological polar surface area (TPSA) is 46.3 Å². The summed E-state index contributed by atoms with van der Waals surface area (Å²) in [4.78, 5) is 17.8.